The predicted molar refractivity (Wildman–Crippen MR) is 79.2 cm³/mol. The minimum absolute atomic E-state index is 0.155. The van der Waals surface area contributed by atoms with Crippen molar-refractivity contribution in [2.24, 2.45) is 0 Å². The standard InChI is InChI=1S/C17H18FNO/c1-12-9-10-14(18)11-15(12)19-16(20)17(2,3)13-7-5-4-6-8-13/h4-11H,1-3H3,(H,19,20). The van der Waals surface area contributed by atoms with Gasteiger partial charge in [-0.3, -0.25) is 4.79 Å². The van der Waals surface area contributed by atoms with E-state index in [1.54, 1.807) is 6.07 Å². The first-order valence-corrected chi connectivity index (χ1v) is 6.54. The van der Waals surface area contributed by atoms with Crippen LogP contribution in [0.25, 0.3) is 0 Å². The van der Waals surface area contributed by atoms with Crippen LogP contribution in [0.1, 0.15) is 25.0 Å². The summed E-state index contributed by atoms with van der Waals surface area (Å²) in [7, 11) is 0. The van der Waals surface area contributed by atoms with E-state index in [1.807, 2.05) is 51.1 Å². The van der Waals surface area contributed by atoms with E-state index in [0.29, 0.717) is 5.69 Å². The van der Waals surface area contributed by atoms with Crippen molar-refractivity contribution in [3.05, 3.63) is 65.5 Å². The Morgan fingerprint density at radius 2 is 1.75 bits per heavy atom. The SMILES string of the molecule is Cc1ccc(F)cc1NC(=O)C(C)(C)c1ccccc1. The van der Waals surface area contributed by atoms with Crippen molar-refractivity contribution in [1.82, 2.24) is 0 Å². The molecule has 1 amide bonds. The van der Waals surface area contributed by atoms with Crippen molar-refractivity contribution in [2.75, 3.05) is 5.32 Å². The number of anilines is 1. The highest BCUT2D eigenvalue weighted by Gasteiger charge is 2.29. The van der Waals surface area contributed by atoms with Gasteiger partial charge in [0.25, 0.3) is 0 Å². The van der Waals surface area contributed by atoms with Crippen LogP contribution in [0.2, 0.25) is 0 Å². The van der Waals surface area contributed by atoms with Crippen LogP contribution in [0.3, 0.4) is 0 Å². The van der Waals surface area contributed by atoms with Gasteiger partial charge >= 0.3 is 0 Å². The van der Waals surface area contributed by atoms with Crippen LogP contribution in [0.5, 0.6) is 0 Å². The average Bonchev–Trinajstić information content (AvgIpc) is 2.43. The summed E-state index contributed by atoms with van der Waals surface area (Å²) in [4.78, 5) is 12.5. The second-order valence-corrected chi connectivity index (χ2v) is 5.40. The van der Waals surface area contributed by atoms with Gasteiger partial charge in [-0.2, -0.15) is 0 Å². The Kier molecular flexibility index (Phi) is 3.89. The first-order chi connectivity index (χ1) is 9.41. The van der Waals surface area contributed by atoms with Gasteiger partial charge in [0.05, 0.1) is 5.41 Å². The lowest BCUT2D eigenvalue weighted by molar-refractivity contribution is -0.120. The van der Waals surface area contributed by atoms with E-state index in [9.17, 15) is 9.18 Å². The number of amides is 1. The molecule has 0 saturated heterocycles. The first-order valence-electron chi connectivity index (χ1n) is 6.54. The van der Waals surface area contributed by atoms with Crippen molar-refractivity contribution in [2.45, 2.75) is 26.2 Å². The number of hydrogen-bond acceptors (Lipinski definition) is 1. The van der Waals surface area contributed by atoms with Crippen LogP contribution in [-0.2, 0) is 10.2 Å². The first kappa shape index (κ1) is 14.3. The van der Waals surface area contributed by atoms with Crippen molar-refractivity contribution in [3.8, 4) is 0 Å². The molecular formula is C17H18FNO. The third-order valence-electron chi connectivity index (χ3n) is 3.51. The Morgan fingerprint density at radius 3 is 2.40 bits per heavy atom. The number of hydrogen-bond donors (Lipinski definition) is 1. The molecule has 0 bridgehead atoms. The highest BCUT2D eigenvalue weighted by molar-refractivity contribution is 5.99. The molecule has 0 atom stereocenters. The van der Waals surface area contributed by atoms with Crippen LogP contribution < -0.4 is 5.32 Å². The van der Waals surface area contributed by atoms with Crippen molar-refractivity contribution in [3.63, 3.8) is 0 Å². The van der Waals surface area contributed by atoms with Gasteiger partial charge in [-0.1, -0.05) is 36.4 Å². The van der Waals surface area contributed by atoms with Gasteiger partial charge in [0.2, 0.25) is 5.91 Å². The number of carbonyl (C=O) groups excluding carboxylic acids is 1. The molecule has 0 radical (unpaired) electrons. The summed E-state index contributed by atoms with van der Waals surface area (Å²) >= 11 is 0. The van der Waals surface area contributed by atoms with E-state index < -0.39 is 5.41 Å². The maximum atomic E-state index is 13.3. The van der Waals surface area contributed by atoms with Crippen LogP contribution in [0.15, 0.2) is 48.5 Å². The zero-order chi connectivity index (χ0) is 14.8. The maximum absolute atomic E-state index is 13.3. The fourth-order valence-electron chi connectivity index (χ4n) is 1.99. The highest BCUT2D eigenvalue weighted by Crippen LogP contribution is 2.26. The lowest BCUT2D eigenvalue weighted by Gasteiger charge is -2.24. The molecule has 0 saturated carbocycles. The van der Waals surface area contributed by atoms with Gasteiger partial charge in [0, 0.05) is 5.69 Å². The Bertz CT molecular complexity index is 620. The Balaban J connectivity index is 2.26. The Morgan fingerprint density at radius 1 is 1.10 bits per heavy atom. The van der Waals surface area contributed by atoms with E-state index in [4.69, 9.17) is 0 Å². The molecule has 2 rings (SSSR count). The van der Waals surface area contributed by atoms with Crippen LogP contribution in [0.4, 0.5) is 10.1 Å². The minimum Gasteiger partial charge on any atom is -0.325 e. The zero-order valence-corrected chi connectivity index (χ0v) is 11.9. The summed E-state index contributed by atoms with van der Waals surface area (Å²) in [5, 5.41) is 2.81. The molecular weight excluding hydrogens is 253 g/mol. The van der Waals surface area contributed by atoms with Gasteiger partial charge in [0.15, 0.2) is 0 Å². The monoisotopic (exact) mass is 271 g/mol. The molecule has 2 nitrogen and oxygen atoms in total. The maximum Gasteiger partial charge on any atom is 0.234 e. The summed E-state index contributed by atoms with van der Waals surface area (Å²) in [5.74, 6) is -0.513. The topological polar surface area (TPSA) is 29.1 Å². The molecule has 0 aliphatic carbocycles. The lowest BCUT2D eigenvalue weighted by atomic mass is 9.83. The van der Waals surface area contributed by atoms with E-state index in [1.165, 1.54) is 12.1 Å². The number of benzene rings is 2. The zero-order valence-electron chi connectivity index (χ0n) is 11.9. The second-order valence-electron chi connectivity index (χ2n) is 5.40. The number of carbonyl (C=O) groups is 1. The molecule has 0 aliphatic heterocycles. The summed E-state index contributed by atoms with van der Waals surface area (Å²) in [6.07, 6.45) is 0. The summed E-state index contributed by atoms with van der Waals surface area (Å²) in [6, 6.07) is 13.9. The molecule has 0 spiro atoms. The molecule has 0 aliphatic rings. The summed E-state index contributed by atoms with van der Waals surface area (Å²) in [5.41, 5.74) is 1.59. The lowest BCUT2D eigenvalue weighted by Crippen LogP contribution is -2.34. The smallest absolute Gasteiger partial charge is 0.234 e. The van der Waals surface area contributed by atoms with E-state index in [0.717, 1.165) is 11.1 Å². The van der Waals surface area contributed by atoms with E-state index >= 15 is 0 Å². The van der Waals surface area contributed by atoms with E-state index in [-0.39, 0.29) is 11.7 Å². The molecule has 0 aromatic heterocycles. The largest absolute Gasteiger partial charge is 0.325 e. The molecule has 1 N–H and O–H groups in total. The van der Waals surface area contributed by atoms with Crippen molar-refractivity contribution >= 4 is 11.6 Å². The summed E-state index contributed by atoms with van der Waals surface area (Å²) in [6.45, 7) is 5.54. The van der Waals surface area contributed by atoms with Crippen LogP contribution in [0, 0.1) is 12.7 Å². The fourth-order valence-corrected chi connectivity index (χ4v) is 1.99. The van der Waals surface area contributed by atoms with Crippen LogP contribution in [-0.4, -0.2) is 5.91 Å². The quantitative estimate of drug-likeness (QED) is 0.896. The molecule has 0 fully saturated rings. The Labute approximate surface area is 118 Å². The van der Waals surface area contributed by atoms with Crippen molar-refractivity contribution in [1.29, 1.82) is 0 Å². The minimum atomic E-state index is -0.681. The molecule has 20 heavy (non-hydrogen) atoms. The summed E-state index contributed by atoms with van der Waals surface area (Å²) < 4.78 is 13.3. The Hall–Kier alpha value is -2.16. The number of nitrogens with one attached hydrogen (secondary N) is 1. The average molecular weight is 271 g/mol. The van der Waals surface area contributed by atoms with Gasteiger partial charge in [0.1, 0.15) is 5.82 Å². The van der Waals surface area contributed by atoms with Gasteiger partial charge in [-0.25, -0.2) is 4.39 Å². The van der Waals surface area contributed by atoms with Gasteiger partial charge < -0.3 is 5.32 Å². The third-order valence-corrected chi connectivity index (χ3v) is 3.51. The number of aryl methyl sites for hydroxylation is 1. The van der Waals surface area contributed by atoms with Crippen molar-refractivity contribution < 1.29 is 9.18 Å². The number of rotatable bonds is 3. The molecule has 3 heteroatoms. The normalized spacial score (nSPS) is 11.2. The molecule has 2 aromatic rings. The third kappa shape index (κ3) is 2.87. The van der Waals surface area contributed by atoms with Gasteiger partial charge in [-0.05, 0) is 44.0 Å². The predicted octanol–water partition coefficient (Wildman–Crippen LogP) is 4.05. The molecule has 104 valence electrons. The second kappa shape index (κ2) is 5.45. The molecule has 0 heterocycles. The molecule has 0 unspecified atom stereocenters. The van der Waals surface area contributed by atoms with Crippen LogP contribution >= 0.6 is 0 Å². The van der Waals surface area contributed by atoms with Gasteiger partial charge in [-0.15, -0.1) is 0 Å². The number of halogens is 1. The fraction of sp³-hybridized carbons (Fsp3) is 0.235. The molecule has 2 aromatic carbocycles. The highest BCUT2D eigenvalue weighted by atomic mass is 19.1. The van der Waals surface area contributed by atoms with E-state index in [2.05, 4.69) is 5.32 Å².